The molecule has 0 unspecified atom stereocenters. The van der Waals surface area contributed by atoms with E-state index in [1.807, 2.05) is 6.92 Å². The third kappa shape index (κ3) is 3.08. The number of hydrogen-bond donors (Lipinski definition) is 2. The van der Waals surface area contributed by atoms with Crippen molar-refractivity contribution < 1.29 is 13.6 Å². The zero-order chi connectivity index (χ0) is 16.4. The van der Waals surface area contributed by atoms with Crippen molar-refractivity contribution in [2.75, 3.05) is 10.6 Å². The average molecular weight is 315 g/mol. The van der Waals surface area contributed by atoms with Gasteiger partial charge in [-0.3, -0.25) is 4.57 Å². The maximum absolute atomic E-state index is 12.8. The van der Waals surface area contributed by atoms with Crippen molar-refractivity contribution in [3.63, 3.8) is 0 Å². The molecule has 0 aliphatic rings. The monoisotopic (exact) mass is 315 g/mol. The topological polar surface area (TPSA) is 76.3 Å². The smallest absolute Gasteiger partial charge is 0.408 e. The fourth-order valence-corrected chi connectivity index (χ4v) is 2.27. The van der Waals surface area contributed by atoms with Crippen molar-refractivity contribution in [3.8, 4) is 0 Å². The van der Waals surface area contributed by atoms with E-state index in [0.717, 1.165) is 0 Å². The Balaban J connectivity index is 1.77. The molecule has 2 aromatic carbocycles. The second-order valence-electron chi connectivity index (χ2n) is 4.88. The number of nitrogens with one attached hydrogen (secondary N) is 2. The molecule has 118 valence electrons. The Labute approximate surface area is 130 Å². The lowest BCUT2D eigenvalue weighted by molar-refractivity contribution is 0.262. The predicted octanol–water partition coefficient (Wildman–Crippen LogP) is 3.40. The van der Waals surface area contributed by atoms with Gasteiger partial charge >= 0.3 is 11.8 Å². The highest BCUT2D eigenvalue weighted by Gasteiger charge is 2.09. The van der Waals surface area contributed by atoms with Crippen LogP contribution in [0.3, 0.4) is 0 Å². The zero-order valence-corrected chi connectivity index (χ0v) is 12.3. The molecular weight excluding hydrogens is 301 g/mol. The highest BCUT2D eigenvalue weighted by atomic mass is 19.1. The van der Waals surface area contributed by atoms with Gasteiger partial charge in [0.15, 0.2) is 5.58 Å². The first-order valence-electron chi connectivity index (χ1n) is 7.04. The second kappa shape index (κ2) is 5.96. The molecule has 0 saturated carbocycles. The Morgan fingerprint density at radius 2 is 1.78 bits per heavy atom. The molecule has 0 fully saturated rings. The minimum Gasteiger partial charge on any atom is -0.408 e. The fourth-order valence-electron chi connectivity index (χ4n) is 2.27. The molecule has 3 aromatic rings. The number of urea groups is 1. The summed E-state index contributed by atoms with van der Waals surface area (Å²) in [7, 11) is 0. The lowest BCUT2D eigenvalue weighted by atomic mass is 10.3. The van der Waals surface area contributed by atoms with Gasteiger partial charge in [-0.25, -0.2) is 14.0 Å². The van der Waals surface area contributed by atoms with E-state index in [9.17, 15) is 14.0 Å². The SMILES string of the molecule is CCn1c(=O)oc2cc(NC(=O)Nc3ccc(F)cc3)ccc21. The molecule has 0 saturated heterocycles. The van der Waals surface area contributed by atoms with E-state index in [2.05, 4.69) is 10.6 Å². The molecule has 23 heavy (non-hydrogen) atoms. The number of nitrogens with zero attached hydrogens (tertiary/aromatic N) is 1. The molecule has 2 amide bonds. The lowest BCUT2D eigenvalue weighted by Crippen LogP contribution is -2.19. The summed E-state index contributed by atoms with van der Waals surface area (Å²) < 4.78 is 19.5. The van der Waals surface area contributed by atoms with Gasteiger partial charge < -0.3 is 15.1 Å². The van der Waals surface area contributed by atoms with Crippen LogP contribution in [-0.4, -0.2) is 10.6 Å². The molecule has 1 heterocycles. The van der Waals surface area contributed by atoms with E-state index < -0.39 is 11.8 Å². The first-order chi connectivity index (χ1) is 11.1. The van der Waals surface area contributed by atoms with Crippen LogP contribution in [0.2, 0.25) is 0 Å². The van der Waals surface area contributed by atoms with E-state index in [0.29, 0.717) is 29.0 Å². The van der Waals surface area contributed by atoms with Crippen LogP contribution in [0, 0.1) is 5.82 Å². The standard InChI is InChI=1S/C16H14FN3O3/c1-2-20-13-8-7-12(9-14(13)23-16(20)22)19-15(21)18-11-5-3-10(17)4-6-11/h3-9H,2H2,1H3,(H2,18,19,21). The van der Waals surface area contributed by atoms with Gasteiger partial charge in [-0.1, -0.05) is 0 Å². The third-order valence-corrected chi connectivity index (χ3v) is 3.34. The molecule has 7 heteroatoms. The molecule has 0 atom stereocenters. The van der Waals surface area contributed by atoms with Crippen LogP contribution in [0.5, 0.6) is 0 Å². The van der Waals surface area contributed by atoms with Gasteiger partial charge in [-0.2, -0.15) is 0 Å². The van der Waals surface area contributed by atoms with Crippen LogP contribution in [0.15, 0.2) is 51.7 Å². The molecule has 1 aromatic heterocycles. The molecule has 0 spiro atoms. The van der Waals surface area contributed by atoms with Crippen molar-refractivity contribution in [3.05, 3.63) is 58.8 Å². The maximum Gasteiger partial charge on any atom is 0.419 e. The first kappa shape index (κ1) is 14.8. The highest BCUT2D eigenvalue weighted by Crippen LogP contribution is 2.19. The van der Waals surface area contributed by atoms with Gasteiger partial charge in [-0.05, 0) is 43.3 Å². The number of aryl methyl sites for hydroxylation is 1. The molecule has 6 nitrogen and oxygen atoms in total. The summed E-state index contributed by atoms with van der Waals surface area (Å²) in [6.45, 7) is 2.35. The average Bonchev–Trinajstić information content (AvgIpc) is 2.83. The number of anilines is 2. The molecule has 3 rings (SSSR count). The van der Waals surface area contributed by atoms with Crippen LogP contribution < -0.4 is 16.4 Å². The van der Waals surface area contributed by atoms with Gasteiger partial charge in [0.05, 0.1) is 5.52 Å². The summed E-state index contributed by atoms with van der Waals surface area (Å²) >= 11 is 0. The largest absolute Gasteiger partial charge is 0.419 e. The molecule has 0 aliphatic heterocycles. The number of carbonyl (C=O) groups excluding carboxylic acids is 1. The maximum atomic E-state index is 12.8. The summed E-state index contributed by atoms with van der Waals surface area (Å²) in [4.78, 5) is 23.6. The van der Waals surface area contributed by atoms with E-state index in [1.54, 1.807) is 18.2 Å². The third-order valence-electron chi connectivity index (χ3n) is 3.34. The number of fused-ring (bicyclic) bond motifs is 1. The molecule has 0 radical (unpaired) electrons. The number of amides is 2. The molecule has 0 aliphatic carbocycles. The normalized spacial score (nSPS) is 10.7. The van der Waals surface area contributed by atoms with E-state index >= 15 is 0 Å². The second-order valence-corrected chi connectivity index (χ2v) is 4.88. The van der Waals surface area contributed by atoms with Crippen LogP contribution in [0.1, 0.15) is 6.92 Å². The van der Waals surface area contributed by atoms with Crippen LogP contribution in [0.4, 0.5) is 20.6 Å². The number of rotatable bonds is 3. The molecule has 0 bridgehead atoms. The Bertz CT molecular complexity index is 912. The van der Waals surface area contributed by atoms with Crippen LogP contribution in [0.25, 0.3) is 11.1 Å². The zero-order valence-electron chi connectivity index (χ0n) is 12.3. The van der Waals surface area contributed by atoms with Gasteiger partial charge in [0.2, 0.25) is 0 Å². The van der Waals surface area contributed by atoms with Gasteiger partial charge in [0.25, 0.3) is 0 Å². The van der Waals surface area contributed by atoms with Crippen molar-refractivity contribution >= 4 is 28.5 Å². The van der Waals surface area contributed by atoms with Crippen molar-refractivity contribution in [1.29, 1.82) is 0 Å². The first-order valence-corrected chi connectivity index (χ1v) is 7.04. The Morgan fingerprint density at radius 3 is 2.48 bits per heavy atom. The number of aromatic nitrogens is 1. The molecular formula is C16H14FN3O3. The van der Waals surface area contributed by atoms with Crippen molar-refractivity contribution in [2.45, 2.75) is 13.5 Å². The summed E-state index contributed by atoms with van der Waals surface area (Å²) in [6.07, 6.45) is 0. The predicted molar refractivity (Wildman–Crippen MR) is 85.2 cm³/mol. The summed E-state index contributed by atoms with van der Waals surface area (Å²) in [6, 6.07) is 9.90. The van der Waals surface area contributed by atoms with E-state index in [1.165, 1.54) is 28.8 Å². The van der Waals surface area contributed by atoms with Crippen LogP contribution >= 0.6 is 0 Å². The number of halogens is 1. The van der Waals surface area contributed by atoms with E-state index in [-0.39, 0.29) is 5.82 Å². The van der Waals surface area contributed by atoms with Crippen LogP contribution in [-0.2, 0) is 6.54 Å². The number of benzene rings is 2. The van der Waals surface area contributed by atoms with Crippen molar-refractivity contribution in [2.24, 2.45) is 0 Å². The Hall–Kier alpha value is -3.09. The molecule has 2 N–H and O–H groups in total. The Morgan fingerprint density at radius 1 is 1.13 bits per heavy atom. The fraction of sp³-hybridized carbons (Fsp3) is 0.125. The number of hydrogen-bond acceptors (Lipinski definition) is 3. The summed E-state index contributed by atoms with van der Waals surface area (Å²) in [5.41, 5.74) is 2.01. The van der Waals surface area contributed by atoms with Gasteiger partial charge in [0.1, 0.15) is 5.82 Å². The highest BCUT2D eigenvalue weighted by molar-refractivity contribution is 6.00. The van der Waals surface area contributed by atoms with Crippen molar-refractivity contribution in [1.82, 2.24) is 4.57 Å². The number of carbonyl (C=O) groups is 1. The number of oxazole rings is 1. The summed E-state index contributed by atoms with van der Waals surface area (Å²) in [5, 5.41) is 5.21. The lowest BCUT2D eigenvalue weighted by Gasteiger charge is -2.07. The minimum atomic E-state index is -0.478. The van der Waals surface area contributed by atoms with E-state index in [4.69, 9.17) is 4.42 Å². The summed E-state index contributed by atoms with van der Waals surface area (Å²) in [5.74, 6) is -0.813. The Kier molecular flexibility index (Phi) is 3.84. The minimum absolute atomic E-state index is 0.378. The quantitative estimate of drug-likeness (QED) is 0.777. The van der Waals surface area contributed by atoms with Gasteiger partial charge in [0, 0.05) is 24.0 Å². The van der Waals surface area contributed by atoms with Gasteiger partial charge in [-0.15, -0.1) is 0 Å².